The molecular weight excluding hydrogens is 250 g/mol. The van der Waals surface area contributed by atoms with Crippen molar-refractivity contribution in [2.75, 3.05) is 27.2 Å². The number of hydrogen-bond donors (Lipinski definition) is 1. The third-order valence-corrected chi connectivity index (χ3v) is 3.46. The van der Waals surface area contributed by atoms with E-state index in [9.17, 15) is 0 Å². The molecule has 114 valence electrons. The lowest BCUT2D eigenvalue weighted by atomic mass is 10.1. The minimum atomic E-state index is -0.000822. The molecule has 0 spiro atoms. The Morgan fingerprint density at radius 3 is 2.50 bits per heavy atom. The van der Waals surface area contributed by atoms with Gasteiger partial charge in [0.15, 0.2) is 0 Å². The van der Waals surface area contributed by atoms with Gasteiger partial charge in [-0.05, 0) is 46.0 Å². The molecule has 0 bridgehead atoms. The van der Waals surface area contributed by atoms with E-state index < -0.39 is 0 Å². The Hall–Kier alpha value is -1.13. The highest BCUT2D eigenvalue weighted by Gasteiger charge is 2.21. The number of pyridine rings is 1. The molecule has 0 unspecified atom stereocenters. The smallest absolute Gasteiger partial charge is 0.213 e. The zero-order valence-corrected chi connectivity index (χ0v) is 13.7. The number of hydrogen-bond acceptors (Lipinski definition) is 4. The molecule has 1 heterocycles. The van der Waals surface area contributed by atoms with Crippen molar-refractivity contribution in [3.63, 3.8) is 0 Å². The molecule has 1 rings (SSSR count). The molecule has 4 nitrogen and oxygen atoms in total. The van der Waals surface area contributed by atoms with Crippen molar-refractivity contribution >= 4 is 0 Å². The number of likely N-dealkylation sites (N-methyl/N-ethyl adjacent to an activating group) is 1. The van der Waals surface area contributed by atoms with Gasteiger partial charge in [-0.15, -0.1) is 0 Å². The monoisotopic (exact) mass is 279 g/mol. The van der Waals surface area contributed by atoms with E-state index in [4.69, 9.17) is 4.74 Å². The fraction of sp³-hybridized carbons (Fsp3) is 0.688. The molecule has 1 aromatic heterocycles. The summed E-state index contributed by atoms with van der Waals surface area (Å²) in [4.78, 5) is 6.51. The average molecular weight is 279 g/mol. The molecule has 0 aliphatic heterocycles. The predicted molar refractivity (Wildman–Crippen MR) is 84.0 cm³/mol. The largest absolute Gasteiger partial charge is 0.476 e. The second-order valence-corrected chi connectivity index (χ2v) is 6.52. The van der Waals surface area contributed by atoms with Crippen molar-refractivity contribution in [1.29, 1.82) is 0 Å². The van der Waals surface area contributed by atoms with Crippen molar-refractivity contribution in [1.82, 2.24) is 15.2 Å². The van der Waals surface area contributed by atoms with E-state index in [1.807, 2.05) is 12.3 Å². The fourth-order valence-electron chi connectivity index (χ4n) is 1.49. The molecule has 0 saturated carbocycles. The highest BCUT2D eigenvalue weighted by atomic mass is 16.5. The van der Waals surface area contributed by atoms with Gasteiger partial charge in [-0.1, -0.05) is 19.9 Å². The van der Waals surface area contributed by atoms with Crippen molar-refractivity contribution in [3.8, 4) is 5.88 Å². The first kappa shape index (κ1) is 16.9. The summed E-state index contributed by atoms with van der Waals surface area (Å²) in [6.07, 6.45) is 1.88. The first-order valence-electron chi connectivity index (χ1n) is 7.27. The van der Waals surface area contributed by atoms with Crippen LogP contribution < -0.4 is 10.1 Å². The molecule has 0 amide bonds. The Labute approximate surface area is 123 Å². The minimum Gasteiger partial charge on any atom is -0.476 e. The van der Waals surface area contributed by atoms with Gasteiger partial charge < -0.3 is 15.0 Å². The quantitative estimate of drug-likeness (QED) is 0.793. The van der Waals surface area contributed by atoms with Gasteiger partial charge in [0.2, 0.25) is 5.88 Å². The molecule has 20 heavy (non-hydrogen) atoms. The number of aromatic nitrogens is 1. The van der Waals surface area contributed by atoms with Gasteiger partial charge in [-0.25, -0.2) is 4.98 Å². The summed E-state index contributed by atoms with van der Waals surface area (Å²) in [6, 6.07) is 4.01. The molecule has 0 saturated heterocycles. The predicted octanol–water partition coefficient (Wildman–Crippen LogP) is 2.55. The Morgan fingerprint density at radius 2 is 2.00 bits per heavy atom. The minimum absolute atomic E-state index is 0.000822. The summed E-state index contributed by atoms with van der Waals surface area (Å²) < 4.78 is 5.76. The summed E-state index contributed by atoms with van der Waals surface area (Å²) in [5.41, 5.74) is 1.18. The summed E-state index contributed by atoms with van der Waals surface area (Å²) in [6.45, 7) is 11.2. The first-order chi connectivity index (χ1) is 9.31. The van der Waals surface area contributed by atoms with Crippen LogP contribution in [0.25, 0.3) is 0 Å². The third kappa shape index (κ3) is 5.88. The molecule has 1 aromatic rings. The van der Waals surface area contributed by atoms with Gasteiger partial charge in [-0.2, -0.15) is 0 Å². The number of ether oxygens (including phenoxy) is 1. The number of nitrogens with one attached hydrogen (secondary N) is 1. The Balaban J connectivity index is 2.43. The average Bonchev–Trinajstić information content (AvgIpc) is 2.37. The molecule has 0 fully saturated rings. The van der Waals surface area contributed by atoms with E-state index in [-0.39, 0.29) is 5.54 Å². The summed E-state index contributed by atoms with van der Waals surface area (Å²) >= 11 is 0. The number of rotatable bonds is 8. The lowest BCUT2D eigenvalue weighted by Gasteiger charge is -2.31. The molecule has 0 aliphatic rings. The maximum absolute atomic E-state index is 5.76. The topological polar surface area (TPSA) is 37.4 Å². The van der Waals surface area contributed by atoms with E-state index in [2.05, 4.69) is 63.1 Å². The van der Waals surface area contributed by atoms with Gasteiger partial charge in [0.1, 0.15) is 6.61 Å². The van der Waals surface area contributed by atoms with E-state index in [1.165, 1.54) is 5.56 Å². The van der Waals surface area contributed by atoms with Crippen LogP contribution in [0.5, 0.6) is 5.88 Å². The van der Waals surface area contributed by atoms with E-state index in [0.717, 1.165) is 13.1 Å². The van der Waals surface area contributed by atoms with Crippen LogP contribution in [0.15, 0.2) is 18.3 Å². The zero-order chi connectivity index (χ0) is 15.2. The molecule has 0 atom stereocenters. The van der Waals surface area contributed by atoms with E-state index >= 15 is 0 Å². The highest BCUT2D eigenvalue weighted by Crippen LogP contribution is 2.14. The molecule has 0 aliphatic carbocycles. The van der Waals surface area contributed by atoms with Crippen LogP contribution in [-0.4, -0.2) is 42.7 Å². The Bertz CT molecular complexity index is 385. The van der Waals surface area contributed by atoms with E-state index in [0.29, 0.717) is 18.4 Å². The number of nitrogens with zero attached hydrogens (tertiary/aromatic N) is 2. The molecular formula is C16H29N3O. The van der Waals surface area contributed by atoms with Crippen molar-refractivity contribution in [2.45, 2.75) is 39.8 Å². The van der Waals surface area contributed by atoms with Crippen LogP contribution in [0, 0.1) is 5.92 Å². The zero-order valence-electron chi connectivity index (χ0n) is 13.7. The van der Waals surface area contributed by atoms with Gasteiger partial charge >= 0.3 is 0 Å². The van der Waals surface area contributed by atoms with Crippen LogP contribution >= 0.6 is 0 Å². The third-order valence-electron chi connectivity index (χ3n) is 3.46. The molecule has 1 N–H and O–H groups in total. The van der Waals surface area contributed by atoms with E-state index in [1.54, 1.807) is 0 Å². The van der Waals surface area contributed by atoms with Gasteiger partial charge in [0.25, 0.3) is 0 Å². The van der Waals surface area contributed by atoms with Crippen molar-refractivity contribution in [2.24, 2.45) is 5.92 Å². The summed E-state index contributed by atoms with van der Waals surface area (Å²) in [5, 5.41) is 3.40. The highest BCUT2D eigenvalue weighted by molar-refractivity contribution is 5.17. The van der Waals surface area contributed by atoms with Crippen LogP contribution in [0.3, 0.4) is 0 Å². The summed E-state index contributed by atoms with van der Waals surface area (Å²) in [7, 11) is 4.11. The normalized spacial score (nSPS) is 12.2. The van der Waals surface area contributed by atoms with Crippen LogP contribution in [0.2, 0.25) is 0 Å². The maximum atomic E-state index is 5.76. The molecule has 0 radical (unpaired) electrons. The van der Waals surface area contributed by atoms with Gasteiger partial charge in [-0.3, -0.25) is 0 Å². The van der Waals surface area contributed by atoms with Crippen LogP contribution in [0.1, 0.15) is 33.3 Å². The SMILES string of the molecule is CC(C)CNCc1ccc(OCC(C)(C)N(C)C)nc1. The van der Waals surface area contributed by atoms with Gasteiger partial charge in [0, 0.05) is 24.3 Å². The van der Waals surface area contributed by atoms with Crippen LogP contribution in [-0.2, 0) is 6.54 Å². The summed E-state index contributed by atoms with van der Waals surface area (Å²) in [5.74, 6) is 1.35. The Kier molecular flexibility index (Phi) is 6.43. The van der Waals surface area contributed by atoms with Crippen LogP contribution in [0.4, 0.5) is 0 Å². The second kappa shape index (κ2) is 7.60. The van der Waals surface area contributed by atoms with Crippen molar-refractivity contribution in [3.05, 3.63) is 23.9 Å². The maximum Gasteiger partial charge on any atom is 0.213 e. The standard InChI is InChI=1S/C16H29N3O/c1-13(2)9-17-10-14-7-8-15(18-11-14)20-12-16(3,4)19(5)6/h7-8,11,13,17H,9-10,12H2,1-6H3. The lowest BCUT2D eigenvalue weighted by molar-refractivity contribution is 0.111. The molecule has 0 aromatic carbocycles. The fourth-order valence-corrected chi connectivity index (χ4v) is 1.49. The van der Waals surface area contributed by atoms with Crippen molar-refractivity contribution < 1.29 is 4.74 Å². The van der Waals surface area contributed by atoms with Gasteiger partial charge in [0.05, 0.1) is 0 Å². The second-order valence-electron chi connectivity index (χ2n) is 6.52. The first-order valence-corrected chi connectivity index (χ1v) is 7.27. The molecule has 4 heteroatoms. The lowest BCUT2D eigenvalue weighted by Crippen LogP contribution is -2.43. The Morgan fingerprint density at radius 1 is 1.30 bits per heavy atom.